The van der Waals surface area contributed by atoms with Crippen LogP contribution in [0.5, 0.6) is 0 Å². The molecule has 2 aliphatic heterocycles. The molecule has 0 aromatic carbocycles. The molecule has 2 aliphatic rings. The van der Waals surface area contributed by atoms with Crippen LogP contribution >= 0.6 is 0 Å². The Morgan fingerprint density at radius 2 is 1.72 bits per heavy atom. The predicted molar refractivity (Wildman–Crippen MR) is 110 cm³/mol. The minimum Gasteiger partial charge on any atom is -0.444 e. The van der Waals surface area contributed by atoms with Crippen LogP contribution in [0.4, 0.5) is 10.6 Å². The normalized spacial score (nSPS) is 18.0. The van der Waals surface area contributed by atoms with Gasteiger partial charge in [0.2, 0.25) is 5.91 Å². The fourth-order valence-corrected chi connectivity index (χ4v) is 3.46. The molecule has 0 bridgehead atoms. The maximum Gasteiger partial charge on any atom is 0.410 e. The van der Waals surface area contributed by atoms with E-state index in [2.05, 4.69) is 16.0 Å². The quantitative estimate of drug-likeness (QED) is 0.763. The Kier molecular flexibility index (Phi) is 6.95. The van der Waals surface area contributed by atoms with E-state index in [9.17, 15) is 9.59 Å². The number of carbonyl (C=O) groups is 2. The van der Waals surface area contributed by atoms with E-state index in [1.54, 1.807) is 4.90 Å². The van der Waals surface area contributed by atoms with Gasteiger partial charge in [-0.25, -0.2) is 9.78 Å². The zero-order chi connectivity index (χ0) is 20.9. The summed E-state index contributed by atoms with van der Waals surface area (Å²) < 4.78 is 10.8. The minimum atomic E-state index is -0.505. The van der Waals surface area contributed by atoms with Gasteiger partial charge in [0.25, 0.3) is 0 Å². The number of ether oxygens (including phenoxy) is 2. The Morgan fingerprint density at radius 1 is 1.07 bits per heavy atom. The third kappa shape index (κ3) is 6.32. The van der Waals surface area contributed by atoms with Crippen molar-refractivity contribution in [2.24, 2.45) is 0 Å². The van der Waals surface area contributed by atoms with Crippen LogP contribution in [0.25, 0.3) is 0 Å². The molecule has 0 unspecified atom stereocenters. The molecule has 2 saturated heterocycles. The average molecular weight is 405 g/mol. The Labute approximate surface area is 172 Å². The summed E-state index contributed by atoms with van der Waals surface area (Å²) in [6, 6.07) is 4.04. The smallest absolute Gasteiger partial charge is 0.410 e. The molecule has 1 aromatic heterocycles. The summed E-state index contributed by atoms with van der Waals surface area (Å²) in [6.07, 6.45) is 2.64. The van der Waals surface area contributed by atoms with E-state index in [-0.39, 0.29) is 12.0 Å². The highest BCUT2D eigenvalue weighted by Crippen LogP contribution is 2.16. The number of amides is 2. The molecule has 0 saturated carbocycles. The average Bonchev–Trinajstić information content (AvgIpc) is 2.72. The van der Waals surface area contributed by atoms with Crippen LogP contribution < -0.4 is 4.90 Å². The number of morpholine rings is 1. The first-order chi connectivity index (χ1) is 13.8. The van der Waals surface area contributed by atoms with E-state index in [1.165, 1.54) is 0 Å². The highest BCUT2D eigenvalue weighted by molar-refractivity contribution is 5.77. The van der Waals surface area contributed by atoms with Gasteiger partial charge in [0.15, 0.2) is 0 Å². The van der Waals surface area contributed by atoms with Crippen molar-refractivity contribution >= 4 is 17.8 Å². The van der Waals surface area contributed by atoms with Gasteiger partial charge in [-0.2, -0.15) is 0 Å². The van der Waals surface area contributed by atoms with Gasteiger partial charge in [0.1, 0.15) is 11.4 Å². The largest absolute Gasteiger partial charge is 0.444 e. The summed E-state index contributed by atoms with van der Waals surface area (Å²) in [5, 5.41) is 0. The summed E-state index contributed by atoms with van der Waals surface area (Å²) >= 11 is 0. The molecule has 29 heavy (non-hydrogen) atoms. The maximum absolute atomic E-state index is 12.6. The minimum absolute atomic E-state index is 0.124. The van der Waals surface area contributed by atoms with Crippen molar-refractivity contribution in [1.29, 1.82) is 0 Å². The molecule has 0 radical (unpaired) electrons. The van der Waals surface area contributed by atoms with E-state index in [0.717, 1.165) is 37.7 Å². The second-order valence-electron chi connectivity index (χ2n) is 8.47. The van der Waals surface area contributed by atoms with Crippen LogP contribution in [-0.4, -0.2) is 84.9 Å². The lowest BCUT2D eigenvalue weighted by atomic mass is 10.1. The summed E-state index contributed by atoms with van der Waals surface area (Å²) in [7, 11) is 0. The molecular weight excluding hydrogens is 372 g/mol. The molecule has 0 spiro atoms. The van der Waals surface area contributed by atoms with Gasteiger partial charge in [-0.3, -0.25) is 4.79 Å². The molecule has 2 fully saturated rings. The number of hydrogen-bond donors (Lipinski definition) is 0. The van der Waals surface area contributed by atoms with E-state index >= 15 is 0 Å². The van der Waals surface area contributed by atoms with Crippen LogP contribution in [0.1, 0.15) is 32.8 Å². The fourth-order valence-electron chi connectivity index (χ4n) is 3.46. The van der Waals surface area contributed by atoms with Gasteiger partial charge in [-0.15, -0.1) is 0 Å². The molecule has 8 nitrogen and oxygen atoms in total. The molecule has 8 heteroatoms. The monoisotopic (exact) mass is 404 g/mol. The summed E-state index contributed by atoms with van der Waals surface area (Å²) in [5.41, 5.74) is 0.608. The molecular formula is C21H32N4O4. The fraction of sp³-hybridized carbons (Fsp3) is 0.667. The number of piperazine rings is 1. The van der Waals surface area contributed by atoms with E-state index in [4.69, 9.17) is 9.47 Å². The SMILES string of the molecule is CC(C)(C)OC(=O)N1CCN(C(=O)CCc2ccnc(N3CCOCC3)c2)CC1. The molecule has 1 aromatic rings. The van der Waals surface area contributed by atoms with Gasteiger partial charge in [-0.1, -0.05) is 0 Å². The zero-order valence-electron chi connectivity index (χ0n) is 17.7. The molecule has 0 atom stereocenters. The lowest BCUT2D eigenvalue weighted by Gasteiger charge is -2.35. The van der Waals surface area contributed by atoms with Crippen LogP contribution in [0.15, 0.2) is 18.3 Å². The van der Waals surface area contributed by atoms with E-state index < -0.39 is 5.60 Å². The first-order valence-corrected chi connectivity index (χ1v) is 10.4. The van der Waals surface area contributed by atoms with Crippen LogP contribution in [0.3, 0.4) is 0 Å². The zero-order valence-corrected chi connectivity index (χ0v) is 17.7. The van der Waals surface area contributed by atoms with E-state index in [1.807, 2.05) is 37.9 Å². The number of hydrogen-bond acceptors (Lipinski definition) is 6. The third-order valence-corrected chi connectivity index (χ3v) is 5.06. The maximum atomic E-state index is 12.6. The predicted octanol–water partition coefficient (Wildman–Crippen LogP) is 1.93. The highest BCUT2D eigenvalue weighted by Gasteiger charge is 2.27. The molecule has 0 aliphatic carbocycles. The van der Waals surface area contributed by atoms with Gasteiger partial charge in [-0.05, 0) is 44.9 Å². The summed E-state index contributed by atoms with van der Waals surface area (Å²) in [6.45, 7) is 10.8. The highest BCUT2D eigenvalue weighted by atomic mass is 16.6. The van der Waals surface area contributed by atoms with Crippen LogP contribution in [0.2, 0.25) is 0 Å². The summed E-state index contributed by atoms with van der Waals surface area (Å²) in [4.78, 5) is 34.9. The molecule has 2 amide bonds. The first kappa shape index (κ1) is 21.4. The van der Waals surface area contributed by atoms with Crippen molar-refractivity contribution in [2.45, 2.75) is 39.2 Å². The van der Waals surface area contributed by atoms with Crippen molar-refractivity contribution < 1.29 is 19.1 Å². The Morgan fingerprint density at radius 3 is 2.38 bits per heavy atom. The topological polar surface area (TPSA) is 75.2 Å². The van der Waals surface area contributed by atoms with Crippen molar-refractivity contribution in [3.63, 3.8) is 0 Å². The van der Waals surface area contributed by atoms with Crippen LogP contribution in [0, 0.1) is 0 Å². The number of pyridine rings is 1. The van der Waals surface area contributed by atoms with Crippen LogP contribution in [-0.2, 0) is 20.7 Å². The molecule has 3 heterocycles. The summed E-state index contributed by atoms with van der Waals surface area (Å²) in [5.74, 6) is 1.07. The van der Waals surface area contributed by atoms with Gasteiger partial charge in [0, 0.05) is 51.9 Å². The molecule has 160 valence electrons. The Hall–Kier alpha value is -2.35. The van der Waals surface area contributed by atoms with Crippen molar-refractivity contribution in [3.05, 3.63) is 23.9 Å². The number of aromatic nitrogens is 1. The van der Waals surface area contributed by atoms with Crippen molar-refractivity contribution in [3.8, 4) is 0 Å². The molecule has 3 rings (SSSR count). The number of aryl methyl sites for hydroxylation is 1. The number of nitrogens with zero attached hydrogens (tertiary/aromatic N) is 4. The standard InChI is InChI=1S/C21H32N4O4/c1-21(2,3)29-20(27)25-10-8-24(9-11-25)19(26)5-4-17-6-7-22-18(16-17)23-12-14-28-15-13-23/h6-7,16H,4-5,8-15H2,1-3H3. The van der Waals surface area contributed by atoms with Gasteiger partial charge >= 0.3 is 6.09 Å². The second kappa shape index (κ2) is 9.43. The Bertz CT molecular complexity index is 705. The second-order valence-corrected chi connectivity index (χ2v) is 8.47. The number of anilines is 1. The van der Waals surface area contributed by atoms with Crippen molar-refractivity contribution in [1.82, 2.24) is 14.8 Å². The molecule has 0 N–H and O–H groups in total. The lowest BCUT2D eigenvalue weighted by Crippen LogP contribution is -2.51. The van der Waals surface area contributed by atoms with Gasteiger partial charge < -0.3 is 24.2 Å². The number of carbonyl (C=O) groups excluding carboxylic acids is 2. The first-order valence-electron chi connectivity index (χ1n) is 10.4. The Balaban J connectivity index is 1.45. The van der Waals surface area contributed by atoms with E-state index in [0.29, 0.717) is 39.0 Å². The lowest BCUT2D eigenvalue weighted by molar-refractivity contribution is -0.132. The third-order valence-electron chi connectivity index (χ3n) is 5.06. The van der Waals surface area contributed by atoms with Gasteiger partial charge in [0.05, 0.1) is 13.2 Å². The number of rotatable bonds is 4. The van der Waals surface area contributed by atoms with Crippen molar-refractivity contribution in [2.75, 3.05) is 57.4 Å².